The van der Waals surface area contributed by atoms with Crippen LogP contribution in [-0.4, -0.2) is 35.2 Å². The van der Waals surface area contributed by atoms with Gasteiger partial charge in [-0.05, 0) is 37.6 Å². The zero-order chi connectivity index (χ0) is 19.9. The van der Waals surface area contributed by atoms with E-state index in [2.05, 4.69) is 10.2 Å². The van der Waals surface area contributed by atoms with E-state index in [0.717, 1.165) is 23.3 Å². The maximum atomic E-state index is 14.5. The van der Waals surface area contributed by atoms with Gasteiger partial charge >= 0.3 is 0 Å². The van der Waals surface area contributed by atoms with E-state index in [1.54, 1.807) is 6.07 Å². The molecule has 4 unspecified atom stereocenters. The number of benzene rings is 2. The first kappa shape index (κ1) is 16.9. The highest BCUT2D eigenvalue weighted by Gasteiger charge is 2.74. The molecule has 0 radical (unpaired) electrons. The van der Waals surface area contributed by atoms with Crippen LogP contribution in [0.2, 0.25) is 0 Å². The molecule has 7 heteroatoms. The largest absolute Gasteiger partial charge is 0.324 e. The van der Waals surface area contributed by atoms with E-state index in [4.69, 9.17) is 0 Å². The number of halogens is 1. The highest BCUT2D eigenvalue weighted by atomic mass is 19.1. The van der Waals surface area contributed by atoms with Crippen LogP contribution in [0, 0.1) is 17.7 Å². The second kappa shape index (κ2) is 5.51. The van der Waals surface area contributed by atoms with Gasteiger partial charge in [0.05, 0.1) is 17.5 Å². The van der Waals surface area contributed by atoms with Crippen molar-refractivity contribution in [1.82, 2.24) is 4.90 Å². The van der Waals surface area contributed by atoms with Crippen molar-refractivity contribution >= 4 is 29.1 Å². The summed E-state index contributed by atoms with van der Waals surface area (Å²) in [7, 11) is 0. The van der Waals surface area contributed by atoms with Crippen LogP contribution in [0.3, 0.4) is 0 Å². The second-order valence-electron chi connectivity index (χ2n) is 8.14. The first-order valence-electron chi connectivity index (χ1n) is 9.87. The van der Waals surface area contributed by atoms with Crippen molar-refractivity contribution in [3.8, 4) is 0 Å². The Morgan fingerprint density at radius 2 is 1.76 bits per heavy atom. The standard InChI is InChI=1S/C22H18FN3O3/c23-13-7-2-4-9-15(13)26-19(27)17-16-10-5-11-25(16)22(18(17)20(26)28)12-6-1-3-8-14(12)24-21(22)29/h1-4,6-9,16-18H,5,10-11H2,(H,24,29). The van der Waals surface area contributed by atoms with Gasteiger partial charge in [0.2, 0.25) is 17.7 Å². The van der Waals surface area contributed by atoms with Gasteiger partial charge in [-0.1, -0.05) is 30.3 Å². The summed E-state index contributed by atoms with van der Waals surface area (Å²) in [5.41, 5.74) is 0.160. The SMILES string of the molecule is O=C1C2C3CCCN3C3(C(=O)Nc4ccccc43)C2C(=O)N1c1ccccc1F. The van der Waals surface area contributed by atoms with Gasteiger partial charge < -0.3 is 5.32 Å². The Morgan fingerprint density at radius 1 is 1.00 bits per heavy atom. The third kappa shape index (κ3) is 1.82. The molecular weight excluding hydrogens is 373 g/mol. The molecule has 4 aliphatic rings. The minimum atomic E-state index is -1.21. The first-order valence-corrected chi connectivity index (χ1v) is 9.87. The van der Waals surface area contributed by atoms with Crippen LogP contribution in [0.5, 0.6) is 0 Å². The quantitative estimate of drug-likeness (QED) is 0.757. The Balaban J connectivity index is 1.58. The monoisotopic (exact) mass is 391 g/mol. The van der Waals surface area contributed by atoms with Crippen LogP contribution in [0.25, 0.3) is 0 Å². The molecule has 3 saturated heterocycles. The molecule has 3 fully saturated rings. The van der Waals surface area contributed by atoms with Crippen LogP contribution in [0.4, 0.5) is 15.8 Å². The fourth-order valence-electron chi connectivity index (χ4n) is 6.03. The average Bonchev–Trinajstić information content (AvgIpc) is 3.41. The summed E-state index contributed by atoms with van der Waals surface area (Å²) in [6.45, 7) is 0.652. The second-order valence-corrected chi connectivity index (χ2v) is 8.14. The number of nitrogens with one attached hydrogen (secondary N) is 1. The Hall–Kier alpha value is -3.06. The molecule has 0 bridgehead atoms. The molecule has 1 N–H and O–H groups in total. The van der Waals surface area contributed by atoms with Crippen molar-refractivity contribution in [2.45, 2.75) is 24.4 Å². The Kier molecular flexibility index (Phi) is 3.20. The number of anilines is 2. The number of hydrogen-bond acceptors (Lipinski definition) is 4. The molecule has 146 valence electrons. The van der Waals surface area contributed by atoms with E-state index in [9.17, 15) is 18.8 Å². The van der Waals surface area contributed by atoms with Crippen molar-refractivity contribution in [2.24, 2.45) is 11.8 Å². The third-order valence-corrected chi connectivity index (χ3v) is 6.99. The molecule has 6 rings (SSSR count). The summed E-state index contributed by atoms with van der Waals surface area (Å²) in [5.74, 6) is -3.30. The van der Waals surface area contributed by atoms with Gasteiger partial charge in [0.1, 0.15) is 11.4 Å². The highest BCUT2D eigenvalue weighted by Crippen LogP contribution is 2.60. The molecule has 29 heavy (non-hydrogen) atoms. The van der Waals surface area contributed by atoms with E-state index in [0.29, 0.717) is 12.2 Å². The van der Waals surface area contributed by atoms with Crippen molar-refractivity contribution in [3.05, 3.63) is 59.9 Å². The van der Waals surface area contributed by atoms with Gasteiger partial charge in [0.25, 0.3) is 0 Å². The van der Waals surface area contributed by atoms with E-state index in [1.165, 1.54) is 18.2 Å². The molecule has 2 aromatic rings. The fourth-order valence-corrected chi connectivity index (χ4v) is 6.03. The smallest absolute Gasteiger partial charge is 0.250 e. The summed E-state index contributed by atoms with van der Waals surface area (Å²) in [6.07, 6.45) is 1.59. The normalized spacial score (nSPS) is 32.7. The summed E-state index contributed by atoms with van der Waals surface area (Å²) in [5, 5.41) is 2.92. The molecule has 4 heterocycles. The lowest BCUT2D eigenvalue weighted by atomic mass is 9.75. The third-order valence-electron chi connectivity index (χ3n) is 6.99. The minimum Gasteiger partial charge on any atom is -0.324 e. The maximum absolute atomic E-state index is 14.5. The fraction of sp³-hybridized carbons (Fsp3) is 0.318. The molecule has 4 atom stereocenters. The lowest BCUT2D eigenvalue weighted by Gasteiger charge is -2.36. The number of hydrogen-bond donors (Lipinski definition) is 1. The van der Waals surface area contributed by atoms with Crippen LogP contribution in [0.15, 0.2) is 48.5 Å². The van der Waals surface area contributed by atoms with Gasteiger partial charge in [-0.3, -0.25) is 19.3 Å². The Morgan fingerprint density at radius 3 is 2.59 bits per heavy atom. The number of para-hydroxylation sites is 2. The average molecular weight is 391 g/mol. The van der Waals surface area contributed by atoms with Crippen molar-refractivity contribution < 1.29 is 18.8 Å². The number of carbonyl (C=O) groups excluding carboxylic acids is 3. The predicted molar refractivity (Wildman–Crippen MR) is 102 cm³/mol. The number of rotatable bonds is 1. The number of fused-ring (bicyclic) bond motifs is 7. The van der Waals surface area contributed by atoms with Crippen molar-refractivity contribution in [3.63, 3.8) is 0 Å². The summed E-state index contributed by atoms with van der Waals surface area (Å²) in [6, 6.07) is 12.9. The molecule has 3 amide bonds. The zero-order valence-corrected chi connectivity index (χ0v) is 15.5. The lowest BCUT2D eigenvalue weighted by Crippen LogP contribution is -2.54. The Labute approximate surface area is 166 Å². The Bertz CT molecular complexity index is 1100. The molecule has 1 spiro atoms. The topological polar surface area (TPSA) is 69.7 Å². The maximum Gasteiger partial charge on any atom is 0.250 e. The number of amides is 3. The number of carbonyl (C=O) groups is 3. The van der Waals surface area contributed by atoms with Gasteiger partial charge in [-0.2, -0.15) is 0 Å². The minimum absolute atomic E-state index is 0.0386. The van der Waals surface area contributed by atoms with Crippen LogP contribution < -0.4 is 10.2 Å². The first-order chi connectivity index (χ1) is 14.1. The summed E-state index contributed by atoms with van der Waals surface area (Å²) in [4.78, 5) is 43.5. The highest BCUT2D eigenvalue weighted by molar-refractivity contribution is 6.25. The summed E-state index contributed by atoms with van der Waals surface area (Å²) < 4.78 is 14.5. The molecule has 0 aliphatic carbocycles. The van der Waals surface area contributed by atoms with Gasteiger partial charge in [0, 0.05) is 17.3 Å². The molecular formula is C22H18FN3O3. The molecule has 4 aliphatic heterocycles. The number of imide groups is 1. The molecule has 2 aromatic carbocycles. The van der Waals surface area contributed by atoms with Crippen LogP contribution >= 0.6 is 0 Å². The molecule has 0 aromatic heterocycles. The van der Waals surface area contributed by atoms with Gasteiger partial charge in [-0.25, -0.2) is 9.29 Å². The zero-order valence-electron chi connectivity index (χ0n) is 15.5. The lowest BCUT2D eigenvalue weighted by molar-refractivity contribution is -0.135. The van der Waals surface area contributed by atoms with Gasteiger partial charge in [-0.15, -0.1) is 0 Å². The van der Waals surface area contributed by atoms with Crippen molar-refractivity contribution in [1.29, 1.82) is 0 Å². The van der Waals surface area contributed by atoms with Crippen LogP contribution in [0.1, 0.15) is 18.4 Å². The van der Waals surface area contributed by atoms with E-state index in [-0.39, 0.29) is 17.6 Å². The van der Waals surface area contributed by atoms with Gasteiger partial charge in [0.15, 0.2) is 0 Å². The van der Waals surface area contributed by atoms with E-state index >= 15 is 0 Å². The van der Waals surface area contributed by atoms with Crippen molar-refractivity contribution in [2.75, 3.05) is 16.8 Å². The van der Waals surface area contributed by atoms with E-state index in [1.807, 2.05) is 24.3 Å². The molecule has 6 nitrogen and oxygen atoms in total. The predicted octanol–water partition coefficient (Wildman–Crippen LogP) is 2.26. The van der Waals surface area contributed by atoms with E-state index < -0.39 is 35.0 Å². The summed E-state index contributed by atoms with van der Waals surface area (Å²) >= 11 is 0. The number of nitrogens with zero attached hydrogens (tertiary/aromatic N) is 2. The van der Waals surface area contributed by atoms with Crippen LogP contribution in [-0.2, 0) is 19.9 Å². The molecule has 0 saturated carbocycles.